The molecule has 0 aliphatic carbocycles. The Bertz CT molecular complexity index is 394. The van der Waals surface area contributed by atoms with Crippen molar-refractivity contribution in [3.05, 3.63) is 11.7 Å². The zero-order valence-electron chi connectivity index (χ0n) is 11.9. The molecule has 2 N–H and O–H groups in total. The fourth-order valence-corrected chi connectivity index (χ4v) is 2.25. The Balaban J connectivity index is 2.23. The summed E-state index contributed by atoms with van der Waals surface area (Å²) < 4.78 is 16.6. The van der Waals surface area contributed by atoms with Crippen molar-refractivity contribution in [2.75, 3.05) is 19.8 Å². The van der Waals surface area contributed by atoms with Crippen molar-refractivity contribution in [1.82, 2.24) is 10.1 Å². The minimum Gasteiger partial charge on any atom is -0.381 e. The van der Waals surface area contributed by atoms with Gasteiger partial charge in [0.1, 0.15) is 5.60 Å². The fraction of sp³-hybridized carbons (Fsp3) is 0.846. The van der Waals surface area contributed by atoms with Gasteiger partial charge in [-0.25, -0.2) is 0 Å². The highest BCUT2D eigenvalue weighted by Crippen LogP contribution is 2.34. The summed E-state index contributed by atoms with van der Waals surface area (Å²) in [5.41, 5.74) is 5.56. The van der Waals surface area contributed by atoms with Crippen molar-refractivity contribution in [1.29, 1.82) is 0 Å². The summed E-state index contributed by atoms with van der Waals surface area (Å²) in [7, 11) is 0. The van der Waals surface area contributed by atoms with Crippen LogP contribution in [0.2, 0.25) is 0 Å². The number of ether oxygens (including phenoxy) is 2. The van der Waals surface area contributed by atoms with E-state index in [-0.39, 0.29) is 12.0 Å². The second kappa shape index (κ2) is 5.98. The van der Waals surface area contributed by atoms with Crippen LogP contribution in [0.15, 0.2) is 4.52 Å². The van der Waals surface area contributed by atoms with E-state index < -0.39 is 5.60 Å². The minimum atomic E-state index is -0.481. The van der Waals surface area contributed by atoms with E-state index in [0.717, 1.165) is 12.8 Å². The van der Waals surface area contributed by atoms with Crippen LogP contribution in [0, 0.1) is 5.92 Å². The highest BCUT2D eigenvalue weighted by molar-refractivity contribution is 5.05. The van der Waals surface area contributed by atoms with E-state index in [9.17, 15) is 0 Å². The molecule has 0 amide bonds. The third kappa shape index (κ3) is 2.96. The summed E-state index contributed by atoms with van der Waals surface area (Å²) in [5.74, 6) is 1.34. The molecule has 0 aromatic carbocycles. The van der Waals surface area contributed by atoms with Gasteiger partial charge in [0.15, 0.2) is 0 Å². The van der Waals surface area contributed by atoms with Gasteiger partial charge in [0.05, 0.1) is 6.04 Å². The Morgan fingerprint density at radius 2 is 2.05 bits per heavy atom. The van der Waals surface area contributed by atoms with Crippen LogP contribution in [0.4, 0.5) is 0 Å². The summed E-state index contributed by atoms with van der Waals surface area (Å²) >= 11 is 0. The van der Waals surface area contributed by atoms with E-state index >= 15 is 0 Å². The monoisotopic (exact) mass is 269 g/mol. The first-order valence-electron chi connectivity index (χ1n) is 6.90. The van der Waals surface area contributed by atoms with Crippen LogP contribution >= 0.6 is 0 Å². The average Bonchev–Trinajstić information content (AvgIpc) is 2.89. The number of nitrogens with two attached hydrogens (primary N) is 1. The van der Waals surface area contributed by atoms with Crippen LogP contribution in [-0.4, -0.2) is 30.0 Å². The lowest BCUT2D eigenvalue weighted by molar-refractivity contribution is -0.118. The second-order valence-corrected chi connectivity index (χ2v) is 5.27. The molecular formula is C13H23N3O3. The molecule has 1 aliphatic rings. The molecule has 6 heteroatoms. The first-order chi connectivity index (χ1) is 9.09. The maximum absolute atomic E-state index is 6.04. The molecule has 2 rings (SSSR count). The van der Waals surface area contributed by atoms with Crippen LogP contribution in [0.5, 0.6) is 0 Å². The standard InChI is InChI=1S/C13H23N3O3/c1-4-18-13(5-7-17-8-6-13)12-15-11(19-16-12)10(14)9(2)3/h9-10H,4-8,14H2,1-3H3. The third-order valence-electron chi connectivity index (χ3n) is 3.57. The Morgan fingerprint density at radius 1 is 1.37 bits per heavy atom. The van der Waals surface area contributed by atoms with Gasteiger partial charge in [0.25, 0.3) is 0 Å². The maximum Gasteiger partial charge on any atom is 0.243 e. The average molecular weight is 269 g/mol. The summed E-state index contributed by atoms with van der Waals surface area (Å²) in [4.78, 5) is 4.46. The molecule has 19 heavy (non-hydrogen) atoms. The van der Waals surface area contributed by atoms with Gasteiger partial charge in [0.2, 0.25) is 11.7 Å². The second-order valence-electron chi connectivity index (χ2n) is 5.27. The molecule has 0 saturated carbocycles. The SMILES string of the molecule is CCOC1(c2noc(C(N)C(C)C)n2)CCOCC1. The van der Waals surface area contributed by atoms with Crippen LogP contribution in [0.1, 0.15) is 51.4 Å². The molecule has 1 aromatic rings. The molecule has 0 radical (unpaired) electrons. The third-order valence-corrected chi connectivity index (χ3v) is 3.57. The smallest absolute Gasteiger partial charge is 0.243 e. The molecule has 0 spiro atoms. The lowest BCUT2D eigenvalue weighted by Gasteiger charge is -2.33. The highest BCUT2D eigenvalue weighted by Gasteiger charge is 2.40. The lowest BCUT2D eigenvalue weighted by Crippen LogP contribution is -2.37. The molecule has 1 aliphatic heterocycles. The largest absolute Gasteiger partial charge is 0.381 e. The molecule has 1 fully saturated rings. The Labute approximate surface area is 113 Å². The van der Waals surface area contributed by atoms with Gasteiger partial charge in [-0.3, -0.25) is 0 Å². The number of aromatic nitrogens is 2. The normalized spacial score (nSPS) is 20.7. The number of hydrogen-bond donors (Lipinski definition) is 1. The summed E-state index contributed by atoms with van der Waals surface area (Å²) in [5, 5.41) is 4.09. The van der Waals surface area contributed by atoms with E-state index in [1.165, 1.54) is 0 Å². The van der Waals surface area contributed by atoms with Gasteiger partial charge < -0.3 is 19.7 Å². The zero-order chi connectivity index (χ0) is 13.9. The van der Waals surface area contributed by atoms with Gasteiger partial charge in [-0.1, -0.05) is 19.0 Å². The van der Waals surface area contributed by atoms with Crippen molar-refractivity contribution >= 4 is 0 Å². The van der Waals surface area contributed by atoms with Crippen molar-refractivity contribution in [2.24, 2.45) is 11.7 Å². The lowest BCUT2D eigenvalue weighted by atomic mass is 9.93. The van der Waals surface area contributed by atoms with Gasteiger partial charge in [0, 0.05) is 32.7 Å². The minimum absolute atomic E-state index is 0.236. The van der Waals surface area contributed by atoms with E-state index in [4.69, 9.17) is 19.7 Å². The van der Waals surface area contributed by atoms with Crippen molar-refractivity contribution in [3.63, 3.8) is 0 Å². The molecule has 1 unspecified atom stereocenters. The predicted molar refractivity (Wildman–Crippen MR) is 69.4 cm³/mol. The Hall–Kier alpha value is -0.980. The van der Waals surface area contributed by atoms with Gasteiger partial charge in [-0.2, -0.15) is 4.98 Å². The van der Waals surface area contributed by atoms with Gasteiger partial charge >= 0.3 is 0 Å². The highest BCUT2D eigenvalue weighted by atomic mass is 16.5. The van der Waals surface area contributed by atoms with Gasteiger partial charge in [-0.05, 0) is 12.8 Å². The van der Waals surface area contributed by atoms with Crippen molar-refractivity contribution in [3.8, 4) is 0 Å². The topological polar surface area (TPSA) is 83.4 Å². The molecule has 2 heterocycles. The molecule has 108 valence electrons. The van der Waals surface area contributed by atoms with Crippen molar-refractivity contribution < 1.29 is 14.0 Å². The summed E-state index contributed by atoms with van der Waals surface area (Å²) in [6, 6.07) is -0.236. The first kappa shape index (κ1) is 14.4. The summed E-state index contributed by atoms with van der Waals surface area (Å²) in [6.45, 7) is 7.95. The maximum atomic E-state index is 6.04. The molecule has 1 aromatic heterocycles. The number of nitrogens with zero attached hydrogens (tertiary/aromatic N) is 2. The van der Waals surface area contributed by atoms with E-state index in [1.54, 1.807) is 0 Å². The Morgan fingerprint density at radius 3 is 2.63 bits per heavy atom. The zero-order valence-corrected chi connectivity index (χ0v) is 11.9. The number of rotatable bonds is 5. The van der Waals surface area contributed by atoms with Crippen LogP contribution in [0.25, 0.3) is 0 Å². The van der Waals surface area contributed by atoms with Crippen LogP contribution in [-0.2, 0) is 15.1 Å². The molecule has 1 saturated heterocycles. The molecule has 1 atom stereocenters. The van der Waals surface area contributed by atoms with Crippen LogP contribution in [0.3, 0.4) is 0 Å². The van der Waals surface area contributed by atoms with E-state index in [0.29, 0.717) is 31.5 Å². The predicted octanol–water partition coefficient (Wildman–Crippen LogP) is 1.77. The van der Waals surface area contributed by atoms with E-state index in [2.05, 4.69) is 10.1 Å². The fourth-order valence-electron chi connectivity index (χ4n) is 2.25. The van der Waals surface area contributed by atoms with Gasteiger partial charge in [-0.15, -0.1) is 0 Å². The molecule has 0 bridgehead atoms. The molecule has 6 nitrogen and oxygen atoms in total. The van der Waals surface area contributed by atoms with E-state index in [1.807, 2.05) is 20.8 Å². The quantitative estimate of drug-likeness (QED) is 0.877. The van der Waals surface area contributed by atoms with Crippen molar-refractivity contribution in [2.45, 2.75) is 45.3 Å². The van der Waals surface area contributed by atoms with Crippen LogP contribution < -0.4 is 5.73 Å². The molecular weight excluding hydrogens is 246 g/mol. The first-order valence-corrected chi connectivity index (χ1v) is 6.90. The Kier molecular flexibility index (Phi) is 4.54. The number of hydrogen-bond acceptors (Lipinski definition) is 6. The summed E-state index contributed by atoms with van der Waals surface area (Å²) in [6.07, 6.45) is 1.49.